The number of pyridine rings is 1. The molecule has 0 unspecified atom stereocenters. The van der Waals surface area contributed by atoms with E-state index in [-0.39, 0.29) is 12.4 Å². The maximum absolute atomic E-state index is 11.3. The molecule has 0 aliphatic rings. The number of aliphatic hydroxyl groups is 1. The fourth-order valence-corrected chi connectivity index (χ4v) is 1.64. The summed E-state index contributed by atoms with van der Waals surface area (Å²) in [4.78, 5) is 15.3. The van der Waals surface area contributed by atoms with E-state index < -0.39 is 0 Å². The molecule has 1 heterocycles. The Morgan fingerprint density at radius 3 is 2.83 bits per heavy atom. The van der Waals surface area contributed by atoms with Gasteiger partial charge in [-0.2, -0.15) is 0 Å². The number of aliphatic hydroxyl groups excluding tert-OH is 1. The highest BCUT2D eigenvalue weighted by atomic mass is 16.3. The van der Waals surface area contributed by atoms with Gasteiger partial charge in [0.2, 0.25) is 0 Å². The van der Waals surface area contributed by atoms with Crippen LogP contribution in [-0.4, -0.2) is 15.9 Å². The fourth-order valence-electron chi connectivity index (χ4n) is 1.64. The smallest absolute Gasteiger partial charge is 0.161 e. The van der Waals surface area contributed by atoms with Crippen molar-refractivity contribution in [1.82, 2.24) is 4.98 Å². The number of anilines is 2. The number of ketones is 1. The zero-order chi connectivity index (χ0) is 13.0. The van der Waals surface area contributed by atoms with Crippen molar-refractivity contribution in [3.05, 3.63) is 53.9 Å². The van der Waals surface area contributed by atoms with Crippen LogP contribution in [0, 0.1) is 0 Å². The molecule has 0 amide bonds. The van der Waals surface area contributed by atoms with Gasteiger partial charge in [0.05, 0.1) is 18.5 Å². The van der Waals surface area contributed by atoms with Crippen LogP contribution in [0.15, 0.2) is 42.7 Å². The van der Waals surface area contributed by atoms with Crippen molar-refractivity contribution in [2.75, 3.05) is 5.32 Å². The first-order chi connectivity index (χ1) is 8.70. The number of nitrogens with zero attached hydrogens (tertiary/aromatic N) is 1. The molecule has 0 saturated carbocycles. The summed E-state index contributed by atoms with van der Waals surface area (Å²) in [7, 11) is 0. The van der Waals surface area contributed by atoms with Crippen LogP contribution in [0.4, 0.5) is 11.4 Å². The lowest BCUT2D eigenvalue weighted by Gasteiger charge is -2.10. The summed E-state index contributed by atoms with van der Waals surface area (Å²) in [6, 6.07) is 9.19. The molecule has 0 bridgehead atoms. The van der Waals surface area contributed by atoms with Crippen LogP contribution in [0.25, 0.3) is 0 Å². The number of carbonyl (C=O) groups is 1. The first-order valence-electron chi connectivity index (χ1n) is 5.62. The number of nitrogens with one attached hydrogen (secondary N) is 1. The van der Waals surface area contributed by atoms with Gasteiger partial charge in [0.25, 0.3) is 0 Å². The lowest BCUT2D eigenvalue weighted by atomic mass is 10.1. The van der Waals surface area contributed by atoms with E-state index in [1.165, 1.54) is 13.1 Å². The first-order valence-corrected chi connectivity index (χ1v) is 5.62. The monoisotopic (exact) mass is 242 g/mol. The Hall–Kier alpha value is -2.20. The third-order valence-electron chi connectivity index (χ3n) is 2.61. The molecule has 92 valence electrons. The Bertz CT molecular complexity index is 567. The van der Waals surface area contributed by atoms with E-state index in [9.17, 15) is 9.90 Å². The molecular formula is C14H14N2O2. The van der Waals surface area contributed by atoms with Gasteiger partial charge in [-0.25, -0.2) is 0 Å². The minimum absolute atomic E-state index is 0.0263. The fraction of sp³-hybridized carbons (Fsp3) is 0.143. The van der Waals surface area contributed by atoms with E-state index in [1.807, 2.05) is 24.3 Å². The third kappa shape index (κ3) is 2.73. The molecule has 4 heteroatoms. The first kappa shape index (κ1) is 12.3. The maximum atomic E-state index is 11.3. The number of aromatic nitrogens is 1. The minimum atomic E-state index is -0.0387. The average Bonchev–Trinajstić information content (AvgIpc) is 2.39. The number of benzene rings is 1. The molecule has 2 N–H and O–H groups in total. The highest BCUT2D eigenvalue weighted by Crippen LogP contribution is 2.20. The Morgan fingerprint density at radius 1 is 1.33 bits per heavy atom. The predicted octanol–water partition coefficient (Wildman–Crippen LogP) is 2.52. The van der Waals surface area contributed by atoms with Crippen LogP contribution in [0.2, 0.25) is 0 Å². The Kier molecular flexibility index (Phi) is 3.69. The maximum Gasteiger partial charge on any atom is 0.161 e. The molecule has 0 atom stereocenters. The average molecular weight is 242 g/mol. The Labute approximate surface area is 105 Å². The van der Waals surface area contributed by atoms with Gasteiger partial charge in [0.1, 0.15) is 0 Å². The molecule has 0 radical (unpaired) electrons. The van der Waals surface area contributed by atoms with Crippen LogP contribution >= 0.6 is 0 Å². The van der Waals surface area contributed by atoms with E-state index >= 15 is 0 Å². The Morgan fingerprint density at radius 2 is 2.11 bits per heavy atom. The van der Waals surface area contributed by atoms with Crippen LogP contribution in [0.5, 0.6) is 0 Å². The summed E-state index contributed by atoms with van der Waals surface area (Å²) in [5.74, 6) is -0.0263. The number of carbonyl (C=O) groups excluding carboxylic acids is 1. The molecular weight excluding hydrogens is 228 g/mol. The summed E-state index contributed by atoms with van der Waals surface area (Å²) >= 11 is 0. The molecule has 2 rings (SSSR count). The number of Topliss-reactive ketones (excluding diaryl/α,β-unsaturated/α-hetero) is 1. The van der Waals surface area contributed by atoms with E-state index in [2.05, 4.69) is 10.3 Å². The van der Waals surface area contributed by atoms with Gasteiger partial charge in [0, 0.05) is 23.0 Å². The molecule has 1 aromatic heterocycles. The highest BCUT2D eigenvalue weighted by molar-refractivity contribution is 5.94. The highest BCUT2D eigenvalue weighted by Gasteiger charge is 2.04. The van der Waals surface area contributed by atoms with Crippen LogP contribution in [0.3, 0.4) is 0 Å². The van der Waals surface area contributed by atoms with E-state index in [1.54, 1.807) is 12.3 Å². The largest absolute Gasteiger partial charge is 0.392 e. The number of para-hydroxylation sites is 1. The van der Waals surface area contributed by atoms with E-state index in [0.717, 1.165) is 16.9 Å². The lowest BCUT2D eigenvalue weighted by molar-refractivity contribution is 0.101. The van der Waals surface area contributed by atoms with Gasteiger partial charge in [-0.1, -0.05) is 18.2 Å². The third-order valence-corrected chi connectivity index (χ3v) is 2.61. The normalized spacial score (nSPS) is 10.1. The summed E-state index contributed by atoms with van der Waals surface area (Å²) < 4.78 is 0. The van der Waals surface area contributed by atoms with Gasteiger partial charge < -0.3 is 10.4 Å². The van der Waals surface area contributed by atoms with Crippen molar-refractivity contribution in [3.8, 4) is 0 Å². The Balaban J connectivity index is 2.28. The number of hydrogen-bond acceptors (Lipinski definition) is 4. The molecule has 18 heavy (non-hydrogen) atoms. The van der Waals surface area contributed by atoms with Crippen molar-refractivity contribution < 1.29 is 9.90 Å². The van der Waals surface area contributed by atoms with Crippen LogP contribution < -0.4 is 5.32 Å². The second-order valence-electron chi connectivity index (χ2n) is 3.96. The van der Waals surface area contributed by atoms with Crippen LogP contribution in [0.1, 0.15) is 22.8 Å². The van der Waals surface area contributed by atoms with Crippen molar-refractivity contribution in [2.45, 2.75) is 13.5 Å². The predicted molar refractivity (Wildman–Crippen MR) is 69.9 cm³/mol. The molecule has 0 aliphatic heterocycles. The molecule has 0 aliphatic carbocycles. The number of hydrogen-bond donors (Lipinski definition) is 2. The minimum Gasteiger partial charge on any atom is -0.392 e. The van der Waals surface area contributed by atoms with Gasteiger partial charge in [-0.05, 0) is 19.1 Å². The second-order valence-corrected chi connectivity index (χ2v) is 3.96. The molecule has 0 saturated heterocycles. The topological polar surface area (TPSA) is 62.2 Å². The summed E-state index contributed by atoms with van der Waals surface area (Å²) in [6.45, 7) is 1.46. The van der Waals surface area contributed by atoms with Gasteiger partial charge in [-0.15, -0.1) is 0 Å². The number of rotatable bonds is 4. The molecule has 2 aromatic rings. The van der Waals surface area contributed by atoms with Crippen LogP contribution in [-0.2, 0) is 6.61 Å². The summed E-state index contributed by atoms with van der Waals surface area (Å²) in [5, 5.41) is 12.4. The summed E-state index contributed by atoms with van der Waals surface area (Å²) in [6.07, 6.45) is 3.17. The zero-order valence-corrected chi connectivity index (χ0v) is 10.1. The van der Waals surface area contributed by atoms with E-state index in [0.29, 0.717) is 5.56 Å². The second kappa shape index (κ2) is 5.42. The zero-order valence-electron chi connectivity index (χ0n) is 10.1. The van der Waals surface area contributed by atoms with Crippen molar-refractivity contribution in [1.29, 1.82) is 0 Å². The molecule has 4 nitrogen and oxygen atoms in total. The molecule has 0 spiro atoms. The lowest BCUT2D eigenvalue weighted by Crippen LogP contribution is -1.99. The van der Waals surface area contributed by atoms with Crippen molar-refractivity contribution >= 4 is 17.2 Å². The molecule has 1 aromatic carbocycles. The van der Waals surface area contributed by atoms with Crippen molar-refractivity contribution in [2.24, 2.45) is 0 Å². The van der Waals surface area contributed by atoms with Gasteiger partial charge in [-0.3, -0.25) is 9.78 Å². The van der Waals surface area contributed by atoms with Gasteiger partial charge >= 0.3 is 0 Å². The van der Waals surface area contributed by atoms with Gasteiger partial charge in [0.15, 0.2) is 5.78 Å². The standard InChI is InChI=1S/C14H14N2O2/c1-10(18)12-6-13(8-15-7-12)16-14-5-3-2-4-11(14)9-17/h2-8,16-17H,9H2,1H3. The van der Waals surface area contributed by atoms with E-state index in [4.69, 9.17) is 0 Å². The molecule has 0 fully saturated rings. The van der Waals surface area contributed by atoms with Crippen molar-refractivity contribution in [3.63, 3.8) is 0 Å². The quantitative estimate of drug-likeness (QED) is 0.809. The SMILES string of the molecule is CC(=O)c1cncc(Nc2ccccc2CO)c1. The summed E-state index contributed by atoms with van der Waals surface area (Å²) in [5.41, 5.74) is 2.89.